The molecule has 2 aliphatic heterocycles. The number of fused-ring (bicyclic) bond motifs is 2. The zero-order valence-electron chi connectivity index (χ0n) is 14.8. The third kappa shape index (κ3) is 2.75. The first-order valence-corrected chi connectivity index (χ1v) is 9.03. The lowest BCUT2D eigenvalue weighted by Crippen LogP contribution is -2.41. The SMILES string of the molecule is CC1(C)OB(c2cccc(CN3CC4CCC3C4)c2)OC1(C)C. The van der Waals surface area contributed by atoms with E-state index >= 15 is 0 Å². The summed E-state index contributed by atoms with van der Waals surface area (Å²) in [6.07, 6.45) is 4.24. The summed E-state index contributed by atoms with van der Waals surface area (Å²) in [5, 5.41) is 0. The molecule has 2 bridgehead atoms. The smallest absolute Gasteiger partial charge is 0.399 e. The summed E-state index contributed by atoms with van der Waals surface area (Å²) in [4.78, 5) is 2.66. The number of hydrogen-bond donors (Lipinski definition) is 0. The van der Waals surface area contributed by atoms with Crippen molar-refractivity contribution in [2.75, 3.05) is 6.54 Å². The average Bonchev–Trinajstić information content (AvgIpc) is 3.13. The zero-order valence-corrected chi connectivity index (χ0v) is 14.8. The monoisotopic (exact) mass is 313 g/mol. The molecule has 2 heterocycles. The molecule has 124 valence electrons. The number of likely N-dealkylation sites (tertiary alicyclic amines) is 1. The van der Waals surface area contributed by atoms with Crippen LogP contribution in [0.2, 0.25) is 0 Å². The molecule has 4 rings (SSSR count). The molecule has 3 nitrogen and oxygen atoms in total. The van der Waals surface area contributed by atoms with Gasteiger partial charge in [0.15, 0.2) is 0 Å². The Bertz CT molecular complexity index is 585. The second-order valence-electron chi connectivity index (χ2n) is 8.60. The Labute approximate surface area is 140 Å². The molecule has 23 heavy (non-hydrogen) atoms. The van der Waals surface area contributed by atoms with Gasteiger partial charge < -0.3 is 9.31 Å². The molecule has 2 atom stereocenters. The van der Waals surface area contributed by atoms with Crippen LogP contribution in [-0.2, 0) is 15.9 Å². The van der Waals surface area contributed by atoms with Gasteiger partial charge in [0.2, 0.25) is 0 Å². The van der Waals surface area contributed by atoms with Crippen LogP contribution in [-0.4, -0.2) is 35.8 Å². The molecule has 0 spiro atoms. The maximum Gasteiger partial charge on any atom is 0.494 e. The van der Waals surface area contributed by atoms with Gasteiger partial charge in [-0.1, -0.05) is 24.3 Å². The maximum atomic E-state index is 6.19. The van der Waals surface area contributed by atoms with Gasteiger partial charge in [-0.25, -0.2) is 0 Å². The van der Waals surface area contributed by atoms with Gasteiger partial charge in [0, 0.05) is 19.1 Å². The summed E-state index contributed by atoms with van der Waals surface area (Å²) < 4.78 is 12.4. The Morgan fingerprint density at radius 2 is 1.87 bits per heavy atom. The van der Waals surface area contributed by atoms with E-state index in [0.717, 1.165) is 24.0 Å². The summed E-state index contributed by atoms with van der Waals surface area (Å²) in [6.45, 7) is 10.8. The minimum atomic E-state index is -0.276. The van der Waals surface area contributed by atoms with Crippen molar-refractivity contribution >= 4 is 12.6 Å². The number of hydrogen-bond acceptors (Lipinski definition) is 3. The Balaban J connectivity index is 1.49. The van der Waals surface area contributed by atoms with Crippen LogP contribution < -0.4 is 5.46 Å². The van der Waals surface area contributed by atoms with E-state index in [2.05, 4.69) is 56.9 Å². The molecule has 0 aromatic heterocycles. The predicted molar refractivity (Wildman–Crippen MR) is 93.7 cm³/mol. The minimum Gasteiger partial charge on any atom is -0.399 e. The molecular formula is C19H28BNO2. The highest BCUT2D eigenvalue weighted by Crippen LogP contribution is 2.38. The van der Waals surface area contributed by atoms with Crippen LogP contribution in [0.5, 0.6) is 0 Å². The third-order valence-corrected chi connectivity index (χ3v) is 6.38. The van der Waals surface area contributed by atoms with Gasteiger partial charge in [0.05, 0.1) is 11.2 Å². The average molecular weight is 313 g/mol. The van der Waals surface area contributed by atoms with Gasteiger partial charge >= 0.3 is 7.12 Å². The van der Waals surface area contributed by atoms with E-state index in [1.165, 1.54) is 31.4 Å². The highest BCUT2D eigenvalue weighted by atomic mass is 16.7. The normalized spacial score (nSPS) is 31.9. The number of piperidine rings is 1. The van der Waals surface area contributed by atoms with E-state index in [1.54, 1.807) is 0 Å². The summed E-state index contributed by atoms with van der Waals surface area (Å²) in [6, 6.07) is 9.60. The molecule has 3 fully saturated rings. The summed E-state index contributed by atoms with van der Waals surface area (Å²) in [5.41, 5.74) is 1.97. The van der Waals surface area contributed by atoms with Crippen LogP contribution in [0, 0.1) is 5.92 Å². The number of benzene rings is 1. The van der Waals surface area contributed by atoms with Gasteiger partial charge in [0.1, 0.15) is 0 Å². The van der Waals surface area contributed by atoms with Gasteiger partial charge in [-0.15, -0.1) is 0 Å². The topological polar surface area (TPSA) is 21.7 Å². The lowest BCUT2D eigenvalue weighted by Gasteiger charge is -2.32. The van der Waals surface area contributed by atoms with Crippen LogP contribution in [0.15, 0.2) is 24.3 Å². The first-order valence-electron chi connectivity index (χ1n) is 9.03. The number of rotatable bonds is 3. The first-order chi connectivity index (χ1) is 10.8. The van der Waals surface area contributed by atoms with Crippen molar-refractivity contribution in [2.24, 2.45) is 5.92 Å². The fourth-order valence-corrected chi connectivity index (χ4v) is 4.27. The fourth-order valence-electron chi connectivity index (χ4n) is 4.27. The Hall–Kier alpha value is -0.835. The van der Waals surface area contributed by atoms with E-state index in [1.807, 2.05) is 0 Å². The third-order valence-electron chi connectivity index (χ3n) is 6.38. The van der Waals surface area contributed by atoms with Gasteiger partial charge in [0.25, 0.3) is 0 Å². The van der Waals surface area contributed by atoms with Crippen molar-refractivity contribution in [3.8, 4) is 0 Å². The molecule has 1 saturated carbocycles. The molecule has 1 aromatic rings. The molecule has 0 N–H and O–H groups in total. The van der Waals surface area contributed by atoms with E-state index in [4.69, 9.17) is 9.31 Å². The van der Waals surface area contributed by atoms with E-state index in [9.17, 15) is 0 Å². The molecule has 0 amide bonds. The van der Waals surface area contributed by atoms with Crippen molar-refractivity contribution in [1.29, 1.82) is 0 Å². The molecule has 0 radical (unpaired) electrons. The summed E-state index contributed by atoms with van der Waals surface area (Å²) in [7, 11) is -0.255. The van der Waals surface area contributed by atoms with Gasteiger partial charge in [-0.3, -0.25) is 4.90 Å². The fraction of sp³-hybridized carbons (Fsp3) is 0.684. The van der Waals surface area contributed by atoms with Gasteiger partial charge in [-0.05, 0) is 63.9 Å². The van der Waals surface area contributed by atoms with Crippen LogP contribution in [0.1, 0.15) is 52.5 Å². The summed E-state index contributed by atoms with van der Waals surface area (Å²) >= 11 is 0. The van der Waals surface area contributed by atoms with Crippen LogP contribution in [0.4, 0.5) is 0 Å². The van der Waals surface area contributed by atoms with Crippen molar-refractivity contribution in [2.45, 2.75) is 70.7 Å². The highest BCUT2D eigenvalue weighted by molar-refractivity contribution is 6.62. The van der Waals surface area contributed by atoms with Crippen molar-refractivity contribution in [3.63, 3.8) is 0 Å². The lowest BCUT2D eigenvalue weighted by molar-refractivity contribution is 0.00578. The molecular weight excluding hydrogens is 285 g/mol. The van der Waals surface area contributed by atoms with Crippen LogP contribution in [0.3, 0.4) is 0 Å². The molecule has 2 unspecified atom stereocenters. The van der Waals surface area contributed by atoms with E-state index < -0.39 is 0 Å². The highest BCUT2D eigenvalue weighted by Gasteiger charge is 2.51. The Morgan fingerprint density at radius 1 is 1.13 bits per heavy atom. The van der Waals surface area contributed by atoms with Crippen molar-refractivity contribution < 1.29 is 9.31 Å². The zero-order chi connectivity index (χ0) is 16.2. The van der Waals surface area contributed by atoms with Crippen LogP contribution >= 0.6 is 0 Å². The lowest BCUT2D eigenvalue weighted by atomic mass is 9.78. The maximum absolute atomic E-state index is 6.19. The second-order valence-corrected chi connectivity index (χ2v) is 8.60. The molecule has 3 aliphatic rings. The van der Waals surface area contributed by atoms with Gasteiger partial charge in [-0.2, -0.15) is 0 Å². The molecule has 1 aromatic carbocycles. The Morgan fingerprint density at radius 3 is 2.48 bits per heavy atom. The minimum absolute atomic E-state index is 0.255. The molecule has 1 aliphatic carbocycles. The Kier molecular flexibility index (Phi) is 3.64. The quantitative estimate of drug-likeness (QED) is 0.801. The second kappa shape index (κ2) is 5.33. The van der Waals surface area contributed by atoms with Crippen molar-refractivity contribution in [3.05, 3.63) is 29.8 Å². The first kappa shape index (κ1) is 15.7. The van der Waals surface area contributed by atoms with E-state index in [0.29, 0.717) is 0 Å². The predicted octanol–water partition coefficient (Wildman–Crippen LogP) is 2.97. The number of nitrogens with zero attached hydrogens (tertiary/aromatic N) is 1. The summed E-state index contributed by atoms with van der Waals surface area (Å²) in [5.74, 6) is 0.950. The molecule has 4 heteroatoms. The largest absolute Gasteiger partial charge is 0.494 e. The standard InChI is InChI=1S/C19H28BNO2/c1-18(2)19(3,4)23-20(22-18)16-7-5-6-14(10-16)12-21-13-15-8-9-17(21)11-15/h5-7,10,15,17H,8-9,11-13H2,1-4H3. The molecule has 2 saturated heterocycles. The van der Waals surface area contributed by atoms with E-state index in [-0.39, 0.29) is 18.3 Å². The van der Waals surface area contributed by atoms with Crippen molar-refractivity contribution in [1.82, 2.24) is 4.90 Å². The van der Waals surface area contributed by atoms with Crippen LogP contribution in [0.25, 0.3) is 0 Å².